The molecule has 0 fully saturated rings. The molecular weight excluding hydrogens is 778 g/mol. The molecule has 0 saturated heterocycles. The predicted molar refractivity (Wildman–Crippen MR) is 265 cm³/mol. The lowest BCUT2D eigenvalue weighted by molar-refractivity contribution is 1.32. The van der Waals surface area contributed by atoms with Gasteiger partial charge in [-0.25, -0.2) is 4.98 Å². The number of nitrogens with zero attached hydrogens (tertiary/aromatic N) is 3. The van der Waals surface area contributed by atoms with Crippen LogP contribution in [0.15, 0.2) is 206 Å². The minimum atomic E-state index is -2.55. The Balaban J connectivity index is 0.997. The maximum absolute atomic E-state index is 7.01. The molecule has 61 heavy (non-hydrogen) atoms. The van der Waals surface area contributed by atoms with Crippen molar-refractivity contribution in [2.24, 2.45) is 0 Å². The maximum Gasteiger partial charge on any atom is 0.147 e. The van der Waals surface area contributed by atoms with E-state index in [-0.39, 0.29) is 0 Å². The van der Waals surface area contributed by atoms with Crippen molar-refractivity contribution < 1.29 is 0 Å². The quantitative estimate of drug-likeness (QED) is 0.101. The van der Waals surface area contributed by atoms with Crippen LogP contribution in [0.4, 0.5) is 0 Å². The molecule has 5 heteroatoms. The van der Waals surface area contributed by atoms with Crippen LogP contribution in [0.25, 0.3) is 103 Å². The van der Waals surface area contributed by atoms with Crippen molar-refractivity contribution >= 4 is 126 Å². The smallest absolute Gasteiger partial charge is 0.147 e. The van der Waals surface area contributed by atoms with Crippen LogP contribution >= 0.6 is 6.04 Å². The van der Waals surface area contributed by atoms with E-state index in [1.165, 1.54) is 64.6 Å². The van der Waals surface area contributed by atoms with E-state index in [0.29, 0.717) is 0 Å². The largest absolute Gasteiger partial charge is 0.292 e. The molecule has 0 aliphatic rings. The number of aromatic nitrogens is 3. The van der Waals surface area contributed by atoms with Gasteiger partial charge >= 0.3 is 0 Å². The van der Waals surface area contributed by atoms with Crippen molar-refractivity contribution in [3.63, 3.8) is 0 Å². The molecule has 0 N–H and O–H groups in total. The summed E-state index contributed by atoms with van der Waals surface area (Å²) in [5, 5.41) is 17.8. The third-order valence-corrected chi connectivity index (χ3v) is 17.7. The van der Waals surface area contributed by atoms with E-state index in [0.717, 1.165) is 54.8 Å². The molecule has 13 aromatic rings. The van der Waals surface area contributed by atoms with Crippen molar-refractivity contribution in [2.75, 3.05) is 0 Å². The normalized spacial score (nSPS) is 13.1. The molecule has 0 bridgehead atoms. The lowest BCUT2D eigenvalue weighted by Gasteiger charge is -2.26. The van der Waals surface area contributed by atoms with Crippen LogP contribution in [0.2, 0.25) is 0 Å². The second-order valence-corrected chi connectivity index (χ2v) is 20.5. The minimum absolute atomic E-state index is 0.937. The number of hydrogen-bond acceptors (Lipinski definition) is 3. The van der Waals surface area contributed by atoms with Crippen molar-refractivity contribution in [3.8, 4) is 11.1 Å². The van der Waals surface area contributed by atoms with Crippen LogP contribution in [-0.2, 0) is 11.8 Å². The van der Waals surface area contributed by atoms with Gasteiger partial charge in [0, 0.05) is 39.0 Å². The maximum atomic E-state index is 7.01. The average molecular weight is 812 g/mol. The summed E-state index contributed by atoms with van der Waals surface area (Å²) in [5.41, 5.74) is 7.33. The Hall–Kier alpha value is -7.23. The Kier molecular flexibility index (Phi) is 7.45. The van der Waals surface area contributed by atoms with Gasteiger partial charge in [0.15, 0.2) is 0 Å². The van der Waals surface area contributed by atoms with Crippen LogP contribution in [0, 0.1) is 0 Å². The van der Waals surface area contributed by atoms with E-state index in [1.54, 1.807) is 0 Å². The van der Waals surface area contributed by atoms with Gasteiger partial charge in [-0.15, -0.1) is 0 Å². The SMILES string of the molecule is S=P(c1ccc2ccccc2c1)(c1cnc2cc(-c3ccc4nc5c6c7ccccc7ccc6c6cc7ccccc7cc6n5c4c3)ccc2c1)c1cccc2ccccc12. The van der Waals surface area contributed by atoms with Crippen molar-refractivity contribution in [2.45, 2.75) is 0 Å². The Morgan fingerprint density at radius 3 is 1.85 bits per heavy atom. The summed E-state index contributed by atoms with van der Waals surface area (Å²) in [5.74, 6) is 0. The highest BCUT2D eigenvalue weighted by Gasteiger charge is 2.28. The monoisotopic (exact) mass is 811 g/mol. The minimum Gasteiger partial charge on any atom is -0.292 e. The van der Waals surface area contributed by atoms with Crippen LogP contribution in [0.5, 0.6) is 0 Å². The molecule has 0 aliphatic heterocycles. The van der Waals surface area contributed by atoms with Crippen molar-refractivity contribution in [1.29, 1.82) is 0 Å². The summed E-state index contributed by atoms with van der Waals surface area (Å²) < 4.78 is 2.38. The van der Waals surface area contributed by atoms with Gasteiger partial charge in [-0.05, 0) is 107 Å². The fourth-order valence-corrected chi connectivity index (χ4v) is 13.7. The number of hydrogen-bond donors (Lipinski definition) is 0. The van der Waals surface area contributed by atoms with Gasteiger partial charge in [-0.2, -0.15) is 0 Å². The highest BCUT2D eigenvalue weighted by atomic mass is 32.4. The number of imidazole rings is 1. The summed E-state index contributed by atoms with van der Waals surface area (Å²) in [4.78, 5) is 10.6. The van der Waals surface area contributed by atoms with E-state index >= 15 is 0 Å². The molecule has 1 atom stereocenters. The van der Waals surface area contributed by atoms with Crippen LogP contribution in [0.3, 0.4) is 0 Å². The fourth-order valence-electron chi connectivity index (χ4n) is 9.78. The molecule has 10 aromatic carbocycles. The van der Waals surface area contributed by atoms with Gasteiger partial charge in [-0.1, -0.05) is 170 Å². The zero-order chi connectivity index (χ0) is 40.2. The third kappa shape index (κ3) is 5.20. The molecule has 0 amide bonds. The predicted octanol–water partition coefficient (Wildman–Crippen LogP) is 13.4. The van der Waals surface area contributed by atoms with Crippen LogP contribution in [0.1, 0.15) is 0 Å². The summed E-state index contributed by atoms with van der Waals surface area (Å²) >= 11 is 7.01. The highest BCUT2D eigenvalue weighted by Crippen LogP contribution is 2.46. The highest BCUT2D eigenvalue weighted by molar-refractivity contribution is 8.25. The number of rotatable bonds is 4. The third-order valence-electron chi connectivity index (χ3n) is 12.8. The topological polar surface area (TPSA) is 30.2 Å². The first-order valence-electron chi connectivity index (χ1n) is 20.7. The molecule has 0 aliphatic carbocycles. The fraction of sp³-hybridized carbons (Fsp3) is 0. The molecule has 3 heterocycles. The molecule has 1 unspecified atom stereocenters. The zero-order valence-corrected chi connectivity index (χ0v) is 34.5. The van der Waals surface area contributed by atoms with Crippen LogP contribution < -0.4 is 15.9 Å². The van der Waals surface area contributed by atoms with E-state index in [2.05, 4.69) is 205 Å². The van der Waals surface area contributed by atoms with Gasteiger partial charge in [0.05, 0.1) is 22.1 Å². The summed E-state index contributed by atoms with van der Waals surface area (Å²) in [7, 11) is 0. The molecular formula is C56H34N3PS. The van der Waals surface area contributed by atoms with Gasteiger partial charge in [0.1, 0.15) is 5.65 Å². The Morgan fingerprint density at radius 2 is 1.02 bits per heavy atom. The summed E-state index contributed by atoms with van der Waals surface area (Å²) in [6.07, 6.45) is 2.05. The molecule has 3 nitrogen and oxygen atoms in total. The second-order valence-electron chi connectivity index (χ2n) is 16.1. The van der Waals surface area contributed by atoms with E-state index < -0.39 is 6.04 Å². The molecule has 0 spiro atoms. The molecule has 0 saturated carbocycles. The standard InChI is InChI=1S/C56H34N3PS/c61-60(44-25-22-35-10-1-2-13-38(35)28-44,54-19-9-16-36-11-5-7-17-46(36)54)45-29-43-21-20-41(31-51(43)57-34-45)42-24-27-50-53(33-42)59-52-32-40-15-4-3-14-39(40)30-49(52)48-26-23-37-12-6-8-18-47(37)55(48)56(59)58-50/h1-34H. The van der Waals surface area contributed by atoms with Gasteiger partial charge in [0.2, 0.25) is 0 Å². The van der Waals surface area contributed by atoms with Gasteiger partial charge < -0.3 is 0 Å². The molecule has 284 valence electrons. The van der Waals surface area contributed by atoms with E-state index in [4.69, 9.17) is 21.8 Å². The number of pyridine rings is 2. The Bertz CT molecular complexity index is 4050. The molecule has 0 radical (unpaired) electrons. The van der Waals surface area contributed by atoms with Gasteiger partial charge in [-0.3, -0.25) is 9.38 Å². The Labute approximate surface area is 356 Å². The lowest BCUT2D eigenvalue weighted by atomic mass is 9.97. The average Bonchev–Trinajstić information content (AvgIpc) is 3.71. The molecule has 3 aromatic heterocycles. The first-order valence-corrected chi connectivity index (χ1v) is 23.5. The van der Waals surface area contributed by atoms with Crippen LogP contribution in [-0.4, -0.2) is 14.4 Å². The van der Waals surface area contributed by atoms with Crippen molar-refractivity contribution in [3.05, 3.63) is 206 Å². The first kappa shape index (κ1) is 34.6. The zero-order valence-electron chi connectivity index (χ0n) is 32.8. The lowest BCUT2D eigenvalue weighted by Crippen LogP contribution is -2.26. The second kappa shape index (κ2) is 13.1. The summed E-state index contributed by atoms with van der Waals surface area (Å²) in [6.45, 7) is 0. The first-order chi connectivity index (χ1) is 30.1. The van der Waals surface area contributed by atoms with E-state index in [9.17, 15) is 0 Å². The van der Waals surface area contributed by atoms with E-state index in [1.807, 2.05) is 6.20 Å². The number of fused-ring (bicyclic) bond motifs is 14. The van der Waals surface area contributed by atoms with Gasteiger partial charge in [0.25, 0.3) is 0 Å². The molecule has 13 rings (SSSR count). The summed E-state index contributed by atoms with van der Waals surface area (Å²) in [6, 6.07) is 70.0. The van der Waals surface area contributed by atoms with Crippen molar-refractivity contribution in [1.82, 2.24) is 14.4 Å². The Morgan fingerprint density at radius 1 is 0.393 bits per heavy atom. The number of benzene rings is 10.